The van der Waals surface area contributed by atoms with Gasteiger partial charge in [-0.05, 0) is 54.0 Å². The van der Waals surface area contributed by atoms with Gasteiger partial charge in [-0.2, -0.15) is 0 Å². The number of aliphatic hydroxyl groups is 5. The standard InChI is InChI=1S/C30H40O13/c1-16(2)11-23(35)43-28-24-20(9-10-30(24,38)15-32)18(13-39-28)14-40-29-27(26(37)25(36)21(12-31)41-29)42-22(34)8-5-17-3-6-19(33)7-4-17/h3-8,13,16,20-21,24-29,31-33,36-38H,9-12,14-15H2,1-2H3/b8-5-/t20-,21-,24-,25-,26+,27-,28+,29-,30+/m1/s1. The van der Waals surface area contributed by atoms with Crippen LogP contribution in [0.2, 0.25) is 0 Å². The van der Waals surface area contributed by atoms with Crippen LogP contribution in [-0.2, 0) is 33.3 Å². The topological polar surface area (TPSA) is 202 Å². The molecule has 1 aromatic rings. The highest BCUT2D eigenvalue weighted by Crippen LogP contribution is 2.49. The monoisotopic (exact) mass is 608 g/mol. The van der Waals surface area contributed by atoms with Crippen molar-refractivity contribution < 1.29 is 63.9 Å². The van der Waals surface area contributed by atoms with Crippen LogP contribution in [0.25, 0.3) is 6.08 Å². The molecule has 43 heavy (non-hydrogen) atoms. The maximum Gasteiger partial charge on any atom is 0.331 e. The van der Waals surface area contributed by atoms with Gasteiger partial charge in [-0.1, -0.05) is 26.0 Å². The van der Waals surface area contributed by atoms with E-state index in [2.05, 4.69) is 0 Å². The van der Waals surface area contributed by atoms with Crippen molar-refractivity contribution >= 4 is 18.0 Å². The molecule has 1 saturated carbocycles. The van der Waals surface area contributed by atoms with Crippen molar-refractivity contribution in [2.24, 2.45) is 17.8 Å². The molecule has 238 valence electrons. The number of aliphatic hydroxyl groups excluding tert-OH is 4. The first-order chi connectivity index (χ1) is 20.4. The molecule has 1 aromatic carbocycles. The zero-order valence-corrected chi connectivity index (χ0v) is 24.0. The first-order valence-electron chi connectivity index (χ1n) is 14.2. The third kappa shape index (κ3) is 7.73. The van der Waals surface area contributed by atoms with Crippen LogP contribution in [-0.4, -0.2) is 105 Å². The Labute approximate surface area is 248 Å². The smallest absolute Gasteiger partial charge is 0.331 e. The number of ether oxygens (including phenoxy) is 5. The molecule has 2 heterocycles. The summed E-state index contributed by atoms with van der Waals surface area (Å²) in [7, 11) is 0. The fraction of sp³-hybridized carbons (Fsp3) is 0.600. The predicted molar refractivity (Wildman–Crippen MR) is 147 cm³/mol. The normalized spacial score (nSPS) is 34.0. The van der Waals surface area contributed by atoms with E-state index in [1.165, 1.54) is 24.5 Å². The molecule has 2 fully saturated rings. The van der Waals surface area contributed by atoms with Gasteiger partial charge in [-0.15, -0.1) is 0 Å². The Morgan fingerprint density at radius 2 is 1.81 bits per heavy atom. The summed E-state index contributed by atoms with van der Waals surface area (Å²) in [5.74, 6) is -2.48. The Kier molecular flexibility index (Phi) is 10.8. The number of esters is 2. The van der Waals surface area contributed by atoms with E-state index in [1.54, 1.807) is 12.1 Å². The van der Waals surface area contributed by atoms with E-state index in [0.717, 1.165) is 6.08 Å². The molecule has 6 N–H and O–H groups in total. The zero-order chi connectivity index (χ0) is 31.3. The fourth-order valence-corrected chi connectivity index (χ4v) is 5.67. The highest BCUT2D eigenvalue weighted by molar-refractivity contribution is 5.87. The van der Waals surface area contributed by atoms with Crippen LogP contribution in [0.15, 0.2) is 42.2 Å². The Balaban J connectivity index is 1.48. The Morgan fingerprint density at radius 1 is 1.09 bits per heavy atom. The molecule has 3 aliphatic rings. The molecule has 13 heteroatoms. The molecule has 4 rings (SSSR count). The van der Waals surface area contributed by atoms with Crippen molar-refractivity contribution in [3.05, 3.63) is 47.7 Å². The highest BCUT2D eigenvalue weighted by Gasteiger charge is 2.56. The first kappa shape index (κ1) is 32.9. The van der Waals surface area contributed by atoms with Crippen LogP contribution in [0.1, 0.15) is 38.7 Å². The third-order valence-corrected chi connectivity index (χ3v) is 7.96. The summed E-state index contributed by atoms with van der Waals surface area (Å²) in [6.07, 6.45) is -3.85. The first-order valence-corrected chi connectivity index (χ1v) is 14.2. The number of hydrogen-bond acceptors (Lipinski definition) is 13. The van der Waals surface area contributed by atoms with E-state index in [9.17, 15) is 40.2 Å². The van der Waals surface area contributed by atoms with Gasteiger partial charge in [0, 0.05) is 12.5 Å². The molecule has 0 aromatic heterocycles. The summed E-state index contributed by atoms with van der Waals surface area (Å²) in [6.45, 7) is 2.30. The van der Waals surface area contributed by atoms with Gasteiger partial charge in [0.15, 0.2) is 12.4 Å². The molecule has 0 bridgehead atoms. The molecule has 9 atom stereocenters. The minimum atomic E-state index is -1.66. The number of carbonyl (C=O) groups excluding carboxylic acids is 2. The second kappa shape index (κ2) is 14.2. The van der Waals surface area contributed by atoms with Crippen molar-refractivity contribution in [1.29, 1.82) is 0 Å². The van der Waals surface area contributed by atoms with Crippen molar-refractivity contribution in [2.45, 2.75) is 75.7 Å². The van der Waals surface area contributed by atoms with Gasteiger partial charge in [0.2, 0.25) is 6.29 Å². The van der Waals surface area contributed by atoms with Crippen molar-refractivity contribution in [2.75, 3.05) is 19.8 Å². The number of phenols is 1. The Morgan fingerprint density at radius 3 is 2.47 bits per heavy atom. The molecule has 0 spiro atoms. The molecule has 2 aliphatic heterocycles. The van der Waals surface area contributed by atoms with Gasteiger partial charge in [0.05, 0.1) is 37.6 Å². The minimum absolute atomic E-state index is 0.0455. The summed E-state index contributed by atoms with van der Waals surface area (Å²) < 4.78 is 28.2. The van der Waals surface area contributed by atoms with E-state index < -0.39 is 79.6 Å². The van der Waals surface area contributed by atoms with Crippen LogP contribution in [0.5, 0.6) is 5.75 Å². The maximum atomic E-state index is 12.6. The third-order valence-electron chi connectivity index (χ3n) is 7.96. The lowest BCUT2D eigenvalue weighted by atomic mass is 9.81. The molecule has 0 unspecified atom stereocenters. The van der Waals surface area contributed by atoms with Gasteiger partial charge in [-0.25, -0.2) is 4.79 Å². The van der Waals surface area contributed by atoms with Crippen molar-refractivity contribution in [3.8, 4) is 5.75 Å². The SMILES string of the molecule is CC(C)CC(=O)O[C@@H]1OC=C(CO[C@@H]2O[C@H](CO)[C@@H](O)[C@H](O)[C@H]2OC(=O)/C=C\c2ccc(O)cc2)[C@H]2CC[C@](O)(CO)[C@@H]12. The van der Waals surface area contributed by atoms with Gasteiger partial charge in [0.1, 0.15) is 24.1 Å². The number of phenolic OH excluding ortho intramolecular Hbond substituents is 1. The van der Waals surface area contributed by atoms with E-state index in [-0.39, 0.29) is 31.1 Å². The molecular formula is C30H40O13. The van der Waals surface area contributed by atoms with E-state index in [4.69, 9.17) is 23.7 Å². The lowest BCUT2D eigenvalue weighted by Gasteiger charge is -2.42. The van der Waals surface area contributed by atoms with E-state index in [1.807, 2.05) is 13.8 Å². The Hall–Kier alpha value is -3.04. The van der Waals surface area contributed by atoms with Gasteiger partial charge < -0.3 is 54.3 Å². The summed E-state index contributed by atoms with van der Waals surface area (Å²) in [5, 5.41) is 61.3. The fourth-order valence-electron chi connectivity index (χ4n) is 5.67. The average Bonchev–Trinajstić information content (AvgIpc) is 3.33. The van der Waals surface area contributed by atoms with Crippen LogP contribution in [0.4, 0.5) is 0 Å². The van der Waals surface area contributed by atoms with E-state index >= 15 is 0 Å². The van der Waals surface area contributed by atoms with Crippen molar-refractivity contribution in [3.63, 3.8) is 0 Å². The molecule has 0 amide bonds. The molecular weight excluding hydrogens is 568 g/mol. The number of fused-ring (bicyclic) bond motifs is 1. The van der Waals surface area contributed by atoms with Gasteiger partial charge in [-0.3, -0.25) is 4.79 Å². The summed E-state index contributed by atoms with van der Waals surface area (Å²) in [6, 6.07) is 6.03. The summed E-state index contributed by atoms with van der Waals surface area (Å²) in [4.78, 5) is 25.0. The Bertz CT molecular complexity index is 1170. The maximum absolute atomic E-state index is 12.6. The van der Waals surface area contributed by atoms with Crippen LogP contribution < -0.4 is 0 Å². The quantitative estimate of drug-likeness (QED) is 0.149. The number of hydrogen-bond donors (Lipinski definition) is 6. The van der Waals surface area contributed by atoms with Gasteiger partial charge in [0.25, 0.3) is 0 Å². The molecule has 0 radical (unpaired) electrons. The van der Waals surface area contributed by atoms with Crippen LogP contribution in [0, 0.1) is 17.8 Å². The van der Waals surface area contributed by atoms with Gasteiger partial charge >= 0.3 is 11.9 Å². The second-order valence-corrected chi connectivity index (χ2v) is 11.6. The van der Waals surface area contributed by atoms with Crippen LogP contribution in [0.3, 0.4) is 0 Å². The highest BCUT2D eigenvalue weighted by atomic mass is 16.7. The molecule has 1 saturated heterocycles. The lowest BCUT2D eigenvalue weighted by Crippen LogP contribution is -2.60. The number of carbonyl (C=O) groups is 2. The molecule has 1 aliphatic carbocycles. The lowest BCUT2D eigenvalue weighted by molar-refractivity contribution is -0.302. The largest absolute Gasteiger partial charge is 0.508 e. The molecule has 13 nitrogen and oxygen atoms in total. The van der Waals surface area contributed by atoms with Crippen molar-refractivity contribution in [1.82, 2.24) is 0 Å². The van der Waals surface area contributed by atoms with E-state index in [0.29, 0.717) is 17.6 Å². The minimum Gasteiger partial charge on any atom is -0.508 e. The second-order valence-electron chi connectivity index (χ2n) is 11.6. The average molecular weight is 609 g/mol. The number of aromatic hydroxyl groups is 1. The van der Waals surface area contributed by atoms with Crippen LogP contribution >= 0.6 is 0 Å². The summed E-state index contributed by atoms with van der Waals surface area (Å²) >= 11 is 0. The number of rotatable bonds is 11. The number of benzene rings is 1. The predicted octanol–water partition coefficient (Wildman–Crippen LogP) is 0.352. The zero-order valence-electron chi connectivity index (χ0n) is 24.0. The summed E-state index contributed by atoms with van der Waals surface area (Å²) in [5.41, 5.74) is -0.444.